The van der Waals surface area contributed by atoms with Crippen molar-refractivity contribution in [1.29, 1.82) is 0 Å². The molecule has 4 aliphatic rings. The van der Waals surface area contributed by atoms with Crippen molar-refractivity contribution in [2.45, 2.75) is 38.0 Å². The average Bonchev–Trinajstić information content (AvgIpc) is 3.48. The highest BCUT2D eigenvalue weighted by molar-refractivity contribution is 6.22. The molecule has 0 spiro atoms. The number of hydrazine groups is 1. The number of aryl methyl sites for hydroxylation is 2. The lowest BCUT2D eigenvalue weighted by Gasteiger charge is -2.50. The lowest BCUT2D eigenvalue weighted by molar-refractivity contribution is -0.138. The van der Waals surface area contributed by atoms with Crippen LogP contribution in [0.3, 0.4) is 0 Å². The van der Waals surface area contributed by atoms with E-state index in [0.29, 0.717) is 34.5 Å². The number of nitrogens with zero attached hydrogens (tertiary/aromatic N) is 2. The fraction of sp³-hybridized carbons (Fsp3) is 0.250. The Morgan fingerprint density at radius 3 is 2.15 bits per heavy atom. The van der Waals surface area contributed by atoms with E-state index in [1.165, 1.54) is 4.90 Å². The molecule has 8 heteroatoms. The normalized spacial score (nSPS) is 27.8. The molecule has 0 unspecified atom stereocenters. The van der Waals surface area contributed by atoms with Crippen molar-refractivity contribution in [3.8, 4) is 5.75 Å². The number of benzene rings is 4. The number of aromatic hydroxyl groups is 1. The third-order valence-electron chi connectivity index (χ3n) is 11.0. The largest absolute Gasteiger partial charge is 0.507 e. The van der Waals surface area contributed by atoms with Gasteiger partial charge in [-0.05, 0) is 68.0 Å². The maximum Gasteiger partial charge on any atom is 0.260 e. The van der Waals surface area contributed by atoms with Crippen LogP contribution in [0.2, 0.25) is 0 Å². The summed E-state index contributed by atoms with van der Waals surface area (Å²) >= 11 is 0. The van der Waals surface area contributed by atoms with Crippen molar-refractivity contribution in [2.75, 3.05) is 10.3 Å². The Morgan fingerprint density at radius 2 is 1.44 bits per heavy atom. The first-order chi connectivity index (χ1) is 23.2. The Kier molecular flexibility index (Phi) is 6.87. The zero-order chi connectivity index (χ0) is 33.3. The molecule has 0 bridgehead atoms. The van der Waals surface area contributed by atoms with Gasteiger partial charge in [0.2, 0.25) is 11.8 Å². The summed E-state index contributed by atoms with van der Waals surface area (Å²) in [7, 11) is 0. The van der Waals surface area contributed by atoms with Crippen molar-refractivity contribution >= 4 is 35.0 Å². The second-order valence-electron chi connectivity index (χ2n) is 13.5. The molecule has 8 nitrogen and oxygen atoms in total. The molecule has 0 aromatic heterocycles. The quantitative estimate of drug-likeness (QED) is 0.200. The third-order valence-corrected chi connectivity index (χ3v) is 11.0. The fourth-order valence-electron chi connectivity index (χ4n) is 8.84. The molecule has 2 N–H and O–H groups in total. The van der Waals surface area contributed by atoms with Crippen LogP contribution in [-0.4, -0.2) is 33.7 Å². The Hall–Kier alpha value is -5.50. The second kappa shape index (κ2) is 11.0. The number of phenolic OH excluding ortho intramolecular Hbond substituents is 1. The number of allylic oxidation sites excluding steroid dienone is 2. The van der Waals surface area contributed by atoms with Gasteiger partial charge in [-0.1, -0.05) is 96.1 Å². The van der Waals surface area contributed by atoms with E-state index in [1.54, 1.807) is 37.3 Å². The van der Waals surface area contributed by atoms with E-state index >= 15 is 4.79 Å². The molecule has 2 heterocycles. The summed E-state index contributed by atoms with van der Waals surface area (Å²) < 4.78 is 0. The first kappa shape index (κ1) is 29.9. The van der Waals surface area contributed by atoms with Crippen molar-refractivity contribution in [2.24, 2.45) is 23.7 Å². The first-order valence-electron chi connectivity index (χ1n) is 16.4. The van der Waals surface area contributed by atoms with Gasteiger partial charge in [-0.25, -0.2) is 0 Å². The van der Waals surface area contributed by atoms with Gasteiger partial charge in [-0.3, -0.25) is 29.5 Å². The van der Waals surface area contributed by atoms with Gasteiger partial charge in [-0.2, -0.15) is 5.01 Å². The predicted molar refractivity (Wildman–Crippen MR) is 181 cm³/mol. The molecule has 0 radical (unpaired) electrons. The van der Waals surface area contributed by atoms with Gasteiger partial charge in [0.05, 0.1) is 34.5 Å². The van der Waals surface area contributed by atoms with Crippen LogP contribution in [0, 0.1) is 37.5 Å². The number of amides is 4. The summed E-state index contributed by atoms with van der Waals surface area (Å²) in [6, 6.07) is 31.2. The third kappa shape index (κ3) is 4.14. The Labute approximate surface area is 278 Å². The molecule has 6 atom stereocenters. The molecule has 240 valence electrons. The van der Waals surface area contributed by atoms with Crippen LogP contribution < -0.4 is 10.3 Å². The van der Waals surface area contributed by atoms with E-state index < -0.39 is 46.8 Å². The highest BCUT2D eigenvalue weighted by Gasteiger charge is 2.70. The number of nitrogens with one attached hydrogen (secondary N) is 1. The number of fused-ring (bicyclic) bond motifs is 4. The standard InChI is InChI=1S/C40H35N3O5/c1-23-16-18-26(19-17-23)41-43-37(46)32-22-31-28(20-21-29-33(31)38(47)42(36(29)45)27-13-7-4-8-14-27)34(30-15-9-10-24(2)35(30)44)40(32,39(43)48)25-11-5-3-6-12-25/h3-20,29,31-34,41,44H,21-22H2,1-2H3/t29-,31+,32-,33-,34+,40+/m0/s1. The number of para-hydroxylation sites is 2. The van der Waals surface area contributed by atoms with Gasteiger partial charge in [0.1, 0.15) is 5.75 Å². The summed E-state index contributed by atoms with van der Waals surface area (Å²) in [6.07, 6.45) is 2.52. The highest BCUT2D eigenvalue weighted by atomic mass is 16.3. The average molecular weight is 638 g/mol. The maximum atomic E-state index is 15.2. The zero-order valence-electron chi connectivity index (χ0n) is 26.7. The Balaban J connectivity index is 1.34. The van der Waals surface area contributed by atoms with Crippen LogP contribution in [0.15, 0.2) is 115 Å². The first-order valence-corrected chi connectivity index (χ1v) is 16.4. The molecule has 8 rings (SSSR count). The Morgan fingerprint density at radius 1 is 0.750 bits per heavy atom. The van der Waals surface area contributed by atoms with Gasteiger partial charge in [0.15, 0.2) is 0 Å². The van der Waals surface area contributed by atoms with E-state index in [1.807, 2.05) is 85.8 Å². The summed E-state index contributed by atoms with van der Waals surface area (Å²) in [6.45, 7) is 3.77. The van der Waals surface area contributed by atoms with Crippen LogP contribution in [0.4, 0.5) is 11.4 Å². The molecular weight excluding hydrogens is 602 g/mol. The van der Waals surface area contributed by atoms with E-state index in [0.717, 1.165) is 16.1 Å². The second-order valence-corrected chi connectivity index (χ2v) is 13.5. The summed E-state index contributed by atoms with van der Waals surface area (Å²) in [5.41, 5.74) is 6.46. The molecule has 3 fully saturated rings. The van der Waals surface area contributed by atoms with Crippen LogP contribution >= 0.6 is 0 Å². The van der Waals surface area contributed by atoms with Crippen LogP contribution in [-0.2, 0) is 24.6 Å². The van der Waals surface area contributed by atoms with E-state index in [-0.39, 0.29) is 24.0 Å². The number of rotatable bonds is 5. The minimum Gasteiger partial charge on any atom is -0.507 e. The van der Waals surface area contributed by atoms with Gasteiger partial charge in [0, 0.05) is 11.5 Å². The van der Waals surface area contributed by atoms with E-state index in [4.69, 9.17) is 0 Å². The number of hydrogen-bond donors (Lipinski definition) is 2. The summed E-state index contributed by atoms with van der Waals surface area (Å²) in [5, 5.41) is 12.8. The zero-order valence-corrected chi connectivity index (χ0v) is 26.7. The summed E-state index contributed by atoms with van der Waals surface area (Å²) in [4.78, 5) is 59.4. The molecule has 48 heavy (non-hydrogen) atoms. The lowest BCUT2D eigenvalue weighted by atomic mass is 9.49. The van der Waals surface area contributed by atoms with Crippen LogP contribution in [0.25, 0.3) is 0 Å². The minimum atomic E-state index is -1.43. The van der Waals surface area contributed by atoms with Gasteiger partial charge in [0.25, 0.3) is 11.8 Å². The van der Waals surface area contributed by atoms with Crippen molar-refractivity contribution in [3.63, 3.8) is 0 Å². The monoisotopic (exact) mass is 637 g/mol. The number of phenols is 1. The minimum absolute atomic E-state index is 0.0464. The molecule has 1 saturated carbocycles. The van der Waals surface area contributed by atoms with Crippen molar-refractivity contribution in [3.05, 3.63) is 137 Å². The predicted octanol–water partition coefficient (Wildman–Crippen LogP) is 6.20. The van der Waals surface area contributed by atoms with E-state index in [2.05, 4.69) is 5.43 Å². The molecular formula is C40H35N3O5. The van der Waals surface area contributed by atoms with E-state index in [9.17, 15) is 19.5 Å². The molecule has 4 amide bonds. The molecule has 4 aromatic carbocycles. The fourth-order valence-corrected chi connectivity index (χ4v) is 8.84. The number of carbonyl (C=O) groups is 4. The van der Waals surface area contributed by atoms with Gasteiger partial charge >= 0.3 is 0 Å². The SMILES string of the molecule is Cc1ccc(NN2C(=O)[C@@H]3C[C@@H]4C(=CC[C@@H]5C(=O)N(c6ccccc6)C(=O)[C@@H]54)[C@H](c4cccc(C)c4O)[C@]3(c3ccccc3)C2=O)cc1. The molecule has 2 saturated heterocycles. The lowest BCUT2D eigenvalue weighted by Crippen LogP contribution is -2.53. The topological polar surface area (TPSA) is 107 Å². The molecule has 2 aliphatic heterocycles. The maximum absolute atomic E-state index is 15.2. The number of imide groups is 2. The summed E-state index contributed by atoms with van der Waals surface area (Å²) in [5.74, 6) is -4.78. The van der Waals surface area contributed by atoms with Gasteiger partial charge < -0.3 is 5.11 Å². The van der Waals surface area contributed by atoms with Crippen LogP contribution in [0.5, 0.6) is 5.75 Å². The van der Waals surface area contributed by atoms with Crippen molar-refractivity contribution < 1.29 is 24.3 Å². The number of hydrogen-bond acceptors (Lipinski definition) is 6. The van der Waals surface area contributed by atoms with Crippen LogP contribution in [0.1, 0.15) is 41.0 Å². The smallest absolute Gasteiger partial charge is 0.260 e. The van der Waals surface area contributed by atoms with Crippen molar-refractivity contribution in [1.82, 2.24) is 5.01 Å². The number of anilines is 2. The number of carbonyl (C=O) groups excluding carboxylic acids is 4. The Bertz CT molecular complexity index is 2010. The molecule has 2 aliphatic carbocycles. The highest BCUT2D eigenvalue weighted by Crippen LogP contribution is 2.65. The molecule has 4 aromatic rings. The van der Waals surface area contributed by atoms with Gasteiger partial charge in [-0.15, -0.1) is 0 Å².